The van der Waals surface area contributed by atoms with Crippen LogP contribution in [0.3, 0.4) is 0 Å². The minimum atomic E-state index is -0.507. The van der Waals surface area contributed by atoms with Crippen molar-refractivity contribution in [1.82, 2.24) is 4.90 Å². The van der Waals surface area contributed by atoms with Crippen LogP contribution in [0.5, 0.6) is 0 Å². The number of halogens is 1. The van der Waals surface area contributed by atoms with Crippen molar-refractivity contribution >= 4 is 5.91 Å². The number of nitrogens with two attached hydrogens (primary N) is 1. The third-order valence-corrected chi connectivity index (χ3v) is 3.39. The summed E-state index contributed by atoms with van der Waals surface area (Å²) in [5.74, 6) is 4.50. The van der Waals surface area contributed by atoms with Gasteiger partial charge in [0.05, 0.1) is 18.2 Å². The third kappa shape index (κ3) is 4.03. The molecule has 1 saturated heterocycles. The molecule has 0 bridgehead atoms. The van der Waals surface area contributed by atoms with Gasteiger partial charge in [0, 0.05) is 25.8 Å². The van der Waals surface area contributed by atoms with Crippen molar-refractivity contribution in [2.45, 2.75) is 18.9 Å². The first kappa shape index (κ1) is 15.5. The lowest BCUT2D eigenvalue weighted by Gasteiger charge is -2.21. The molecule has 1 heterocycles. The molecule has 4 nitrogen and oxygen atoms in total. The standard InChI is InChI=1S/C16H19FN2O2/c1-19(11-14-5-3-9-21-14)16(20)13-7-6-12(4-2-8-18)15(17)10-13/h6-7,10,14H,3,5,8-9,11,18H2,1H3. The first-order valence-electron chi connectivity index (χ1n) is 6.97. The molecule has 0 radical (unpaired) electrons. The van der Waals surface area contributed by atoms with Gasteiger partial charge in [0.25, 0.3) is 5.91 Å². The molecule has 1 unspecified atom stereocenters. The van der Waals surface area contributed by atoms with Crippen LogP contribution >= 0.6 is 0 Å². The summed E-state index contributed by atoms with van der Waals surface area (Å²) in [6, 6.07) is 4.30. The highest BCUT2D eigenvalue weighted by atomic mass is 19.1. The zero-order valence-corrected chi connectivity index (χ0v) is 12.1. The van der Waals surface area contributed by atoms with Gasteiger partial charge in [-0.3, -0.25) is 4.79 Å². The van der Waals surface area contributed by atoms with E-state index in [9.17, 15) is 9.18 Å². The van der Waals surface area contributed by atoms with Gasteiger partial charge in [-0.1, -0.05) is 11.8 Å². The van der Waals surface area contributed by atoms with Gasteiger partial charge >= 0.3 is 0 Å². The summed E-state index contributed by atoms with van der Waals surface area (Å²) >= 11 is 0. The van der Waals surface area contributed by atoms with Crippen molar-refractivity contribution in [1.29, 1.82) is 0 Å². The number of benzene rings is 1. The molecule has 112 valence electrons. The number of likely N-dealkylation sites (N-methyl/N-ethyl adjacent to an activating group) is 1. The normalized spacial score (nSPS) is 17.2. The summed E-state index contributed by atoms with van der Waals surface area (Å²) in [7, 11) is 1.70. The Morgan fingerprint density at radius 2 is 2.38 bits per heavy atom. The summed E-state index contributed by atoms with van der Waals surface area (Å²) in [4.78, 5) is 13.8. The van der Waals surface area contributed by atoms with Crippen molar-refractivity contribution in [2.24, 2.45) is 5.73 Å². The van der Waals surface area contributed by atoms with E-state index in [2.05, 4.69) is 11.8 Å². The molecule has 5 heteroatoms. The second-order valence-corrected chi connectivity index (χ2v) is 5.02. The van der Waals surface area contributed by atoms with Gasteiger partial charge in [-0.25, -0.2) is 4.39 Å². The SMILES string of the molecule is CN(CC1CCCO1)C(=O)c1ccc(C#CCN)c(F)c1. The maximum Gasteiger partial charge on any atom is 0.253 e. The Hall–Kier alpha value is -1.90. The molecule has 0 saturated carbocycles. The number of rotatable bonds is 3. The van der Waals surface area contributed by atoms with Gasteiger partial charge in [0.2, 0.25) is 0 Å². The van der Waals surface area contributed by atoms with Gasteiger partial charge < -0.3 is 15.4 Å². The van der Waals surface area contributed by atoms with E-state index in [1.165, 1.54) is 12.1 Å². The lowest BCUT2D eigenvalue weighted by molar-refractivity contribution is 0.0587. The Morgan fingerprint density at radius 3 is 3.00 bits per heavy atom. The molecule has 1 amide bonds. The summed E-state index contributed by atoms with van der Waals surface area (Å²) in [6.07, 6.45) is 2.06. The predicted molar refractivity (Wildman–Crippen MR) is 78.3 cm³/mol. The van der Waals surface area contributed by atoms with Gasteiger partial charge in [-0.15, -0.1) is 0 Å². The largest absolute Gasteiger partial charge is 0.376 e. The van der Waals surface area contributed by atoms with Gasteiger partial charge in [0.15, 0.2) is 0 Å². The Labute approximate surface area is 124 Å². The molecule has 0 aliphatic carbocycles. The van der Waals surface area contributed by atoms with Crippen molar-refractivity contribution in [3.63, 3.8) is 0 Å². The molecule has 1 aliphatic rings. The smallest absolute Gasteiger partial charge is 0.253 e. The van der Waals surface area contributed by atoms with Gasteiger partial charge in [-0.2, -0.15) is 0 Å². The molecule has 1 atom stereocenters. The molecular weight excluding hydrogens is 271 g/mol. The molecule has 0 spiro atoms. The number of carbonyl (C=O) groups is 1. The zero-order chi connectivity index (χ0) is 15.2. The fraction of sp³-hybridized carbons (Fsp3) is 0.438. The third-order valence-electron chi connectivity index (χ3n) is 3.39. The first-order valence-corrected chi connectivity index (χ1v) is 6.97. The van der Waals surface area contributed by atoms with Crippen molar-refractivity contribution < 1.29 is 13.9 Å². The quantitative estimate of drug-likeness (QED) is 0.856. The number of carbonyl (C=O) groups excluding carboxylic acids is 1. The van der Waals surface area contributed by atoms with Crippen LogP contribution in [0.15, 0.2) is 18.2 Å². The van der Waals surface area contributed by atoms with E-state index in [1.54, 1.807) is 18.0 Å². The topological polar surface area (TPSA) is 55.6 Å². The Kier molecular flexibility index (Phi) is 5.32. The summed E-state index contributed by atoms with van der Waals surface area (Å²) in [5, 5.41) is 0. The van der Waals surface area contributed by atoms with Crippen LogP contribution in [0.2, 0.25) is 0 Å². The number of ether oxygens (including phenoxy) is 1. The summed E-state index contributed by atoms with van der Waals surface area (Å²) < 4.78 is 19.4. The van der Waals surface area contributed by atoms with Gasteiger partial charge in [0.1, 0.15) is 5.82 Å². The molecule has 1 aliphatic heterocycles. The molecule has 2 N–H and O–H groups in total. The second kappa shape index (κ2) is 7.21. The van der Waals surface area contributed by atoms with E-state index < -0.39 is 5.82 Å². The van der Waals surface area contributed by atoms with E-state index >= 15 is 0 Å². The summed E-state index contributed by atoms with van der Waals surface area (Å²) in [5.41, 5.74) is 5.81. The van der Waals surface area contributed by atoms with Crippen LogP contribution in [0.25, 0.3) is 0 Å². The van der Waals surface area contributed by atoms with Gasteiger partial charge in [-0.05, 0) is 31.0 Å². The number of amides is 1. The highest BCUT2D eigenvalue weighted by Crippen LogP contribution is 2.15. The number of hydrogen-bond acceptors (Lipinski definition) is 3. The van der Waals surface area contributed by atoms with E-state index in [0.29, 0.717) is 12.1 Å². The first-order chi connectivity index (χ1) is 10.1. The van der Waals surface area contributed by atoms with E-state index in [4.69, 9.17) is 10.5 Å². The molecule has 0 aromatic heterocycles. The van der Waals surface area contributed by atoms with Crippen LogP contribution in [-0.4, -0.2) is 43.7 Å². The Bertz CT molecular complexity index is 571. The monoisotopic (exact) mass is 290 g/mol. The van der Waals surface area contributed by atoms with E-state index in [1.807, 2.05) is 0 Å². The maximum atomic E-state index is 13.9. The zero-order valence-electron chi connectivity index (χ0n) is 12.1. The average Bonchev–Trinajstić information content (AvgIpc) is 2.98. The Balaban J connectivity index is 2.06. The fourth-order valence-electron chi connectivity index (χ4n) is 2.29. The fourth-order valence-corrected chi connectivity index (χ4v) is 2.29. The lowest BCUT2D eigenvalue weighted by atomic mass is 10.1. The summed E-state index contributed by atoms with van der Waals surface area (Å²) in [6.45, 7) is 1.44. The number of hydrogen-bond donors (Lipinski definition) is 1. The predicted octanol–water partition coefficient (Wildman–Crippen LogP) is 1.39. The van der Waals surface area contributed by atoms with Crippen LogP contribution in [0, 0.1) is 17.7 Å². The highest BCUT2D eigenvalue weighted by Gasteiger charge is 2.21. The molecule has 1 aromatic carbocycles. The minimum absolute atomic E-state index is 0.0819. The van der Waals surface area contributed by atoms with E-state index in [0.717, 1.165) is 19.4 Å². The highest BCUT2D eigenvalue weighted by molar-refractivity contribution is 5.94. The van der Waals surface area contributed by atoms with Crippen molar-refractivity contribution in [2.75, 3.05) is 26.7 Å². The second-order valence-electron chi connectivity index (χ2n) is 5.02. The Morgan fingerprint density at radius 1 is 1.57 bits per heavy atom. The molecule has 1 fully saturated rings. The van der Waals surface area contributed by atoms with E-state index in [-0.39, 0.29) is 24.1 Å². The maximum absolute atomic E-state index is 13.9. The number of nitrogens with zero attached hydrogens (tertiary/aromatic N) is 1. The van der Waals surface area contributed by atoms with Crippen LogP contribution in [-0.2, 0) is 4.74 Å². The van der Waals surface area contributed by atoms with Crippen LogP contribution in [0.1, 0.15) is 28.8 Å². The van der Waals surface area contributed by atoms with Crippen molar-refractivity contribution in [3.8, 4) is 11.8 Å². The molecule has 1 aromatic rings. The molecular formula is C16H19FN2O2. The minimum Gasteiger partial charge on any atom is -0.376 e. The van der Waals surface area contributed by atoms with Crippen LogP contribution < -0.4 is 5.73 Å². The van der Waals surface area contributed by atoms with Crippen LogP contribution in [0.4, 0.5) is 4.39 Å². The van der Waals surface area contributed by atoms with Crippen molar-refractivity contribution in [3.05, 3.63) is 35.1 Å². The molecule has 21 heavy (non-hydrogen) atoms. The molecule has 2 rings (SSSR count). The lowest BCUT2D eigenvalue weighted by Crippen LogP contribution is -2.34. The average molecular weight is 290 g/mol.